The van der Waals surface area contributed by atoms with Crippen molar-refractivity contribution in [3.63, 3.8) is 0 Å². The summed E-state index contributed by atoms with van der Waals surface area (Å²) in [6, 6.07) is 28.1. The van der Waals surface area contributed by atoms with E-state index >= 15 is 0 Å². The van der Waals surface area contributed by atoms with E-state index in [-0.39, 0.29) is 5.91 Å². The van der Waals surface area contributed by atoms with Gasteiger partial charge in [-0.3, -0.25) is 4.79 Å². The van der Waals surface area contributed by atoms with Crippen molar-refractivity contribution in [1.82, 2.24) is 25.3 Å². The van der Waals surface area contributed by atoms with E-state index < -0.39 is 0 Å². The molecule has 4 aromatic carbocycles. The van der Waals surface area contributed by atoms with Crippen LogP contribution in [0.4, 0.5) is 0 Å². The van der Waals surface area contributed by atoms with Gasteiger partial charge in [0.1, 0.15) is 11.6 Å². The van der Waals surface area contributed by atoms with Crippen molar-refractivity contribution in [1.29, 1.82) is 0 Å². The summed E-state index contributed by atoms with van der Waals surface area (Å²) in [5.74, 6) is 1.57. The second-order valence-corrected chi connectivity index (χ2v) is 8.44. The van der Waals surface area contributed by atoms with Gasteiger partial charge in [-0.25, -0.2) is 9.97 Å². The molecular weight excluding hydrogens is 422 g/mol. The zero-order valence-corrected chi connectivity index (χ0v) is 18.5. The number of H-pyrrole nitrogens is 2. The van der Waals surface area contributed by atoms with Gasteiger partial charge in [-0.15, -0.1) is 0 Å². The van der Waals surface area contributed by atoms with Crippen molar-refractivity contribution >= 4 is 38.7 Å². The maximum atomic E-state index is 12.8. The van der Waals surface area contributed by atoms with Gasteiger partial charge < -0.3 is 15.3 Å². The van der Waals surface area contributed by atoms with E-state index in [2.05, 4.69) is 55.6 Å². The maximum absolute atomic E-state index is 12.8. The lowest BCUT2D eigenvalue weighted by Crippen LogP contribution is -2.25. The molecule has 0 radical (unpaired) electrons. The van der Waals surface area contributed by atoms with Gasteiger partial charge in [0.25, 0.3) is 5.91 Å². The van der Waals surface area contributed by atoms with E-state index in [1.807, 2.05) is 54.6 Å². The normalized spacial score (nSPS) is 11.4. The Hall–Kier alpha value is -4.45. The zero-order chi connectivity index (χ0) is 22.9. The number of imidazole rings is 2. The smallest absolute Gasteiger partial charge is 0.251 e. The Labute approximate surface area is 196 Å². The van der Waals surface area contributed by atoms with Crippen LogP contribution in [0.5, 0.6) is 0 Å². The minimum Gasteiger partial charge on any atom is -0.352 e. The number of aromatic amines is 2. The fourth-order valence-electron chi connectivity index (χ4n) is 4.45. The number of fused-ring (bicyclic) bond motifs is 3. The fourth-order valence-corrected chi connectivity index (χ4v) is 4.45. The number of aromatic nitrogens is 4. The first-order valence-electron chi connectivity index (χ1n) is 11.4. The molecule has 2 heterocycles. The predicted molar refractivity (Wildman–Crippen MR) is 135 cm³/mol. The average Bonchev–Trinajstić information content (AvgIpc) is 3.46. The molecule has 0 unspecified atom stereocenters. The summed E-state index contributed by atoms with van der Waals surface area (Å²) < 4.78 is 0. The SMILES string of the molecule is O=C(NCCc1cccc2ccccc12)c1ccc2[nH]c(Cc3nc4ccccc4[nH]3)nc2c1. The second-order valence-electron chi connectivity index (χ2n) is 8.44. The van der Waals surface area contributed by atoms with Crippen molar-refractivity contribution in [2.24, 2.45) is 0 Å². The Morgan fingerprint density at radius 2 is 1.50 bits per heavy atom. The largest absolute Gasteiger partial charge is 0.352 e. The lowest BCUT2D eigenvalue weighted by molar-refractivity contribution is 0.0954. The zero-order valence-electron chi connectivity index (χ0n) is 18.5. The van der Waals surface area contributed by atoms with Crippen molar-refractivity contribution < 1.29 is 4.79 Å². The molecule has 6 heteroatoms. The number of rotatable bonds is 6. The summed E-state index contributed by atoms with van der Waals surface area (Å²) in [5, 5.41) is 5.49. The maximum Gasteiger partial charge on any atom is 0.251 e. The summed E-state index contributed by atoms with van der Waals surface area (Å²) >= 11 is 0. The lowest BCUT2D eigenvalue weighted by Gasteiger charge is -2.08. The van der Waals surface area contributed by atoms with Crippen LogP contribution in [0.15, 0.2) is 84.9 Å². The van der Waals surface area contributed by atoms with Gasteiger partial charge in [0.15, 0.2) is 0 Å². The monoisotopic (exact) mass is 445 g/mol. The van der Waals surface area contributed by atoms with E-state index in [0.29, 0.717) is 18.5 Å². The van der Waals surface area contributed by atoms with E-state index in [1.54, 1.807) is 0 Å². The molecule has 1 amide bonds. The van der Waals surface area contributed by atoms with Crippen molar-refractivity contribution in [3.8, 4) is 0 Å². The molecule has 0 aliphatic heterocycles. The molecule has 6 rings (SSSR count). The average molecular weight is 446 g/mol. The Kier molecular flexibility index (Phi) is 5.03. The van der Waals surface area contributed by atoms with E-state index in [0.717, 1.165) is 40.1 Å². The summed E-state index contributed by atoms with van der Waals surface area (Å²) in [5.41, 5.74) is 5.46. The van der Waals surface area contributed by atoms with Gasteiger partial charge in [0.05, 0.1) is 28.5 Å². The molecule has 3 N–H and O–H groups in total. The van der Waals surface area contributed by atoms with Gasteiger partial charge in [0.2, 0.25) is 0 Å². The molecule has 6 aromatic rings. The summed E-state index contributed by atoms with van der Waals surface area (Å²) in [7, 11) is 0. The highest BCUT2D eigenvalue weighted by molar-refractivity contribution is 5.97. The van der Waals surface area contributed by atoms with Crippen LogP contribution in [0.3, 0.4) is 0 Å². The molecule has 0 bridgehead atoms. The number of hydrogen-bond acceptors (Lipinski definition) is 3. The fraction of sp³-hybridized carbons (Fsp3) is 0.107. The minimum atomic E-state index is -0.0935. The third-order valence-corrected chi connectivity index (χ3v) is 6.13. The lowest BCUT2D eigenvalue weighted by atomic mass is 10.0. The molecule has 0 spiro atoms. The number of benzene rings is 4. The first kappa shape index (κ1) is 20.2. The van der Waals surface area contributed by atoms with Crippen LogP contribution in [0.2, 0.25) is 0 Å². The van der Waals surface area contributed by atoms with Crippen molar-refractivity contribution in [2.75, 3.05) is 6.54 Å². The van der Waals surface area contributed by atoms with Gasteiger partial charge >= 0.3 is 0 Å². The van der Waals surface area contributed by atoms with Crippen molar-refractivity contribution in [3.05, 3.63) is 108 Å². The topological polar surface area (TPSA) is 86.5 Å². The Morgan fingerprint density at radius 3 is 2.38 bits per heavy atom. The molecule has 0 saturated heterocycles. The van der Waals surface area contributed by atoms with Crippen LogP contribution in [0.1, 0.15) is 27.6 Å². The quantitative estimate of drug-likeness (QED) is 0.331. The molecule has 0 atom stereocenters. The number of para-hydroxylation sites is 2. The molecule has 6 nitrogen and oxygen atoms in total. The first-order valence-corrected chi connectivity index (χ1v) is 11.4. The van der Waals surface area contributed by atoms with Crippen LogP contribution in [0, 0.1) is 0 Å². The van der Waals surface area contributed by atoms with E-state index in [1.165, 1.54) is 16.3 Å². The van der Waals surface area contributed by atoms with Gasteiger partial charge in [-0.05, 0) is 53.1 Å². The Bertz CT molecular complexity index is 1610. The van der Waals surface area contributed by atoms with Crippen LogP contribution in [-0.4, -0.2) is 32.4 Å². The highest BCUT2D eigenvalue weighted by Crippen LogP contribution is 2.19. The number of amides is 1. The number of nitrogens with zero attached hydrogens (tertiary/aromatic N) is 2. The molecule has 34 heavy (non-hydrogen) atoms. The number of nitrogens with one attached hydrogen (secondary N) is 3. The summed E-state index contributed by atoms with van der Waals surface area (Å²) in [4.78, 5) is 28.7. The number of carbonyl (C=O) groups excluding carboxylic acids is 1. The highest BCUT2D eigenvalue weighted by Gasteiger charge is 2.11. The summed E-state index contributed by atoms with van der Waals surface area (Å²) in [6.07, 6.45) is 1.34. The minimum absolute atomic E-state index is 0.0935. The predicted octanol–water partition coefficient (Wildman–Crippen LogP) is 5.16. The van der Waals surface area contributed by atoms with E-state index in [4.69, 9.17) is 0 Å². The number of hydrogen-bond donors (Lipinski definition) is 3. The van der Waals surface area contributed by atoms with Gasteiger partial charge in [0, 0.05) is 12.1 Å². The third kappa shape index (κ3) is 3.90. The van der Waals surface area contributed by atoms with Crippen LogP contribution < -0.4 is 5.32 Å². The first-order chi connectivity index (χ1) is 16.7. The molecule has 0 saturated carbocycles. The molecular formula is C28H23N5O. The van der Waals surface area contributed by atoms with Gasteiger partial charge in [-0.1, -0.05) is 54.6 Å². The van der Waals surface area contributed by atoms with E-state index in [9.17, 15) is 4.79 Å². The molecule has 0 aliphatic carbocycles. The molecule has 0 fully saturated rings. The van der Waals surface area contributed by atoms with Gasteiger partial charge in [-0.2, -0.15) is 0 Å². The van der Waals surface area contributed by atoms with Crippen LogP contribution >= 0.6 is 0 Å². The summed E-state index contributed by atoms with van der Waals surface area (Å²) in [6.45, 7) is 0.572. The Morgan fingerprint density at radius 1 is 0.765 bits per heavy atom. The van der Waals surface area contributed by atoms with Crippen molar-refractivity contribution in [2.45, 2.75) is 12.8 Å². The third-order valence-electron chi connectivity index (χ3n) is 6.13. The molecule has 0 aliphatic rings. The second kappa shape index (κ2) is 8.48. The highest BCUT2D eigenvalue weighted by atomic mass is 16.1. The standard InChI is InChI=1S/C28H23N5O/c34-28(29-15-14-19-8-5-7-18-6-1-2-9-21(18)19)20-12-13-24-25(16-20)33-27(32-24)17-26-30-22-10-3-4-11-23(22)31-26/h1-13,16H,14-15,17H2,(H,29,34)(H,30,31)(H,32,33). The molecule has 166 valence electrons. The Balaban J connectivity index is 1.14. The van der Waals surface area contributed by atoms with Crippen LogP contribution in [0.25, 0.3) is 32.8 Å². The van der Waals surface area contributed by atoms with Crippen LogP contribution in [-0.2, 0) is 12.8 Å². The molecule has 2 aromatic heterocycles. The number of carbonyl (C=O) groups is 1.